The van der Waals surface area contributed by atoms with Crippen LogP contribution in [0.5, 0.6) is 0 Å². The molecule has 33 heavy (non-hydrogen) atoms. The maximum Gasteiger partial charge on any atom is 0.269 e. The molecule has 1 N–H and O–H groups in total. The van der Waals surface area contributed by atoms with E-state index in [2.05, 4.69) is 4.85 Å². The molecule has 0 radical (unpaired) electrons. The van der Waals surface area contributed by atoms with Crippen molar-refractivity contribution < 1.29 is 27.1 Å². The maximum atomic E-state index is 14.2. The lowest BCUT2D eigenvalue weighted by atomic mass is 10.0. The van der Waals surface area contributed by atoms with E-state index in [9.17, 15) is 22.0 Å². The summed E-state index contributed by atoms with van der Waals surface area (Å²) in [5, 5.41) is 18.2. The van der Waals surface area contributed by atoms with Crippen molar-refractivity contribution in [1.29, 1.82) is 5.26 Å². The number of allylic oxidation sites excluding steroid dienone is 5. The topological polar surface area (TPSA) is 51.6 Å². The number of hydrogen-bond donors (Lipinski definition) is 1. The fourth-order valence-electron chi connectivity index (χ4n) is 2.97. The smallest absolute Gasteiger partial charge is 0.269 e. The van der Waals surface area contributed by atoms with Crippen LogP contribution in [0.3, 0.4) is 0 Å². The third-order valence-electron chi connectivity index (χ3n) is 4.62. The molecule has 170 valence electrons. The predicted molar refractivity (Wildman–Crippen MR) is 115 cm³/mol. The number of anilines is 1. The van der Waals surface area contributed by atoms with E-state index in [1.165, 1.54) is 18.2 Å². The molecule has 0 aliphatic carbocycles. The summed E-state index contributed by atoms with van der Waals surface area (Å²) in [6.07, 6.45) is 5.17. The summed E-state index contributed by atoms with van der Waals surface area (Å²) in [6.45, 7) is 10.1. The van der Waals surface area contributed by atoms with Gasteiger partial charge in [-0.15, -0.1) is 0 Å². The molecule has 0 heterocycles. The van der Waals surface area contributed by atoms with Crippen LogP contribution in [0, 0.1) is 47.0 Å². The van der Waals surface area contributed by atoms with E-state index < -0.39 is 45.9 Å². The molecule has 0 spiro atoms. The van der Waals surface area contributed by atoms with Gasteiger partial charge in [0.05, 0.1) is 19.2 Å². The van der Waals surface area contributed by atoms with Gasteiger partial charge in [-0.2, -0.15) is 0 Å². The summed E-state index contributed by atoms with van der Waals surface area (Å²) in [5.74, 6) is -10.9. The van der Waals surface area contributed by atoms with Crippen molar-refractivity contribution in [2.75, 3.05) is 24.6 Å². The molecular formula is C24H18F5N3O. The Morgan fingerprint density at radius 1 is 1.03 bits per heavy atom. The summed E-state index contributed by atoms with van der Waals surface area (Å²) >= 11 is 0. The van der Waals surface area contributed by atoms with E-state index in [1.807, 2.05) is 24.0 Å². The number of benzene rings is 2. The van der Waals surface area contributed by atoms with E-state index in [1.54, 1.807) is 18.2 Å². The van der Waals surface area contributed by atoms with Crippen LogP contribution in [0.4, 0.5) is 27.6 Å². The molecule has 0 aliphatic rings. The second-order valence-corrected chi connectivity index (χ2v) is 6.54. The van der Waals surface area contributed by atoms with Gasteiger partial charge in [0, 0.05) is 29.9 Å². The third-order valence-corrected chi connectivity index (χ3v) is 4.62. The van der Waals surface area contributed by atoms with Crippen LogP contribution < -0.4 is 4.90 Å². The van der Waals surface area contributed by atoms with Crippen molar-refractivity contribution >= 4 is 17.3 Å². The second-order valence-electron chi connectivity index (χ2n) is 6.54. The Morgan fingerprint density at radius 2 is 1.61 bits per heavy atom. The van der Waals surface area contributed by atoms with Crippen molar-refractivity contribution in [1.82, 2.24) is 0 Å². The van der Waals surface area contributed by atoms with Crippen LogP contribution in [-0.4, -0.2) is 24.8 Å². The summed E-state index contributed by atoms with van der Waals surface area (Å²) in [7, 11) is 0. The molecule has 0 saturated heterocycles. The average molecular weight is 459 g/mol. The fraction of sp³-hybridized carbons (Fsp3) is 0.167. The van der Waals surface area contributed by atoms with E-state index in [0.29, 0.717) is 13.1 Å². The molecule has 0 amide bonds. The Hall–Kier alpha value is -3.95. The second kappa shape index (κ2) is 11.6. The number of nitriles is 1. The van der Waals surface area contributed by atoms with Gasteiger partial charge in [-0.3, -0.25) is 0 Å². The Morgan fingerprint density at radius 3 is 2.09 bits per heavy atom. The SMILES string of the molecule is [C-]#[N+]C(C#N)=C(C=CC=Cc1ccc(N(CC)CCO)cc1)c1c(F)c(F)c(F)c(F)c1F. The molecule has 0 fully saturated rings. The first-order valence-electron chi connectivity index (χ1n) is 9.64. The van der Waals surface area contributed by atoms with E-state index >= 15 is 0 Å². The highest BCUT2D eigenvalue weighted by Crippen LogP contribution is 2.31. The summed E-state index contributed by atoms with van der Waals surface area (Å²) in [4.78, 5) is 4.79. The van der Waals surface area contributed by atoms with Gasteiger partial charge >= 0.3 is 0 Å². The lowest BCUT2D eigenvalue weighted by Crippen LogP contribution is -2.25. The largest absolute Gasteiger partial charge is 0.395 e. The number of nitrogens with zero attached hydrogens (tertiary/aromatic N) is 3. The Balaban J connectivity index is 2.39. The van der Waals surface area contributed by atoms with Crippen LogP contribution in [-0.2, 0) is 0 Å². The van der Waals surface area contributed by atoms with Crippen molar-refractivity contribution in [2.24, 2.45) is 0 Å². The molecule has 2 aromatic rings. The van der Waals surface area contributed by atoms with Gasteiger partial charge in [0.2, 0.25) is 5.82 Å². The zero-order valence-corrected chi connectivity index (χ0v) is 17.4. The minimum Gasteiger partial charge on any atom is -0.395 e. The number of halogens is 5. The highest BCUT2D eigenvalue weighted by atomic mass is 19.2. The Kier molecular flexibility index (Phi) is 8.90. The molecule has 2 rings (SSSR count). The van der Waals surface area contributed by atoms with Crippen molar-refractivity contribution in [2.45, 2.75) is 6.92 Å². The average Bonchev–Trinajstić information content (AvgIpc) is 2.83. The minimum atomic E-state index is -2.33. The van der Waals surface area contributed by atoms with Gasteiger partial charge in [-0.05, 0) is 24.6 Å². The van der Waals surface area contributed by atoms with Crippen molar-refractivity contribution in [3.8, 4) is 6.07 Å². The first kappa shape index (κ1) is 25.3. The molecule has 2 aromatic carbocycles. The van der Waals surface area contributed by atoms with Gasteiger partial charge in [0.1, 0.15) is 0 Å². The molecule has 0 atom stereocenters. The van der Waals surface area contributed by atoms with Crippen molar-refractivity contribution in [3.63, 3.8) is 0 Å². The van der Waals surface area contributed by atoms with E-state index in [-0.39, 0.29) is 6.61 Å². The quantitative estimate of drug-likeness (QED) is 0.139. The highest BCUT2D eigenvalue weighted by Gasteiger charge is 2.28. The summed E-state index contributed by atoms with van der Waals surface area (Å²) < 4.78 is 69.0. The van der Waals surface area contributed by atoms with Crippen LogP contribution in [0.25, 0.3) is 16.5 Å². The molecule has 0 saturated carbocycles. The van der Waals surface area contributed by atoms with Crippen LogP contribution in [0.15, 0.2) is 48.2 Å². The molecule has 0 aromatic heterocycles. The van der Waals surface area contributed by atoms with Crippen LogP contribution in [0.1, 0.15) is 18.1 Å². The number of aliphatic hydroxyl groups is 1. The zero-order valence-electron chi connectivity index (χ0n) is 17.4. The van der Waals surface area contributed by atoms with Gasteiger partial charge < -0.3 is 10.0 Å². The third kappa shape index (κ3) is 5.65. The number of likely N-dealkylation sites (N-methyl/N-ethyl adjacent to an activating group) is 1. The predicted octanol–water partition coefficient (Wildman–Crippen LogP) is 5.62. The molecule has 9 heteroatoms. The number of rotatable bonds is 8. The summed E-state index contributed by atoms with van der Waals surface area (Å²) in [5.41, 5.74) is -1.29. The van der Waals surface area contributed by atoms with Gasteiger partial charge in [-0.1, -0.05) is 36.4 Å². The lowest BCUT2D eigenvalue weighted by Gasteiger charge is -2.21. The Labute approximate surface area is 187 Å². The molecule has 4 nitrogen and oxygen atoms in total. The molecular weight excluding hydrogens is 441 g/mol. The fourth-order valence-corrected chi connectivity index (χ4v) is 2.97. The monoisotopic (exact) mass is 459 g/mol. The maximum absolute atomic E-state index is 14.2. The molecule has 0 unspecified atom stereocenters. The summed E-state index contributed by atoms with van der Waals surface area (Å²) in [6, 6.07) is 8.62. The van der Waals surface area contributed by atoms with Gasteiger partial charge in [-0.25, -0.2) is 32.1 Å². The number of aliphatic hydroxyl groups excluding tert-OH is 1. The van der Waals surface area contributed by atoms with Gasteiger partial charge in [0.15, 0.2) is 23.3 Å². The molecule has 0 bridgehead atoms. The highest BCUT2D eigenvalue weighted by molar-refractivity contribution is 5.81. The van der Waals surface area contributed by atoms with Crippen LogP contribution in [0.2, 0.25) is 0 Å². The van der Waals surface area contributed by atoms with Gasteiger partial charge in [0.25, 0.3) is 5.70 Å². The lowest BCUT2D eigenvalue weighted by molar-refractivity contribution is 0.302. The first-order valence-corrected chi connectivity index (χ1v) is 9.64. The van der Waals surface area contributed by atoms with E-state index in [0.717, 1.165) is 17.3 Å². The Bertz CT molecular complexity index is 1140. The van der Waals surface area contributed by atoms with E-state index in [4.69, 9.17) is 16.9 Å². The first-order chi connectivity index (χ1) is 15.8. The van der Waals surface area contributed by atoms with Crippen LogP contribution >= 0.6 is 0 Å². The normalized spacial score (nSPS) is 12.0. The zero-order chi connectivity index (χ0) is 24.5. The molecule has 0 aliphatic heterocycles. The van der Waals surface area contributed by atoms with Crippen molar-refractivity contribution in [3.05, 3.63) is 99.8 Å². The number of hydrogen-bond acceptors (Lipinski definition) is 3. The minimum absolute atomic E-state index is 0.00841. The standard InChI is InChI=1S/C24H18F5N3O/c1-3-32(12-13-33)16-10-8-15(9-11-16)6-4-5-7-17(18(14-30)31-2)19-20(25)22(27)24(29)23(28)21(19)26/h4-11,33H,3,12-13H2,1H3.